The minimum Gasteiger partial charge on any atom is -0.494 e. The number of hydrogen-bond donors (Lipinski definition) is 2. The number of para-hydroxylation sites is 1. The van der Waals surface area contributed by atoms with Gasteiger partial charge in [0.15, 0.2) is 5.75 Å². The third-order valence-corrected chi connectivity index (χ3v) is 6.04. The molecule has 2 N–H and O–H groups in total. The summed E-state index contributed by atoms with van der Waals surface area (Å²) in [5, 5.41) is 5.56. The summed E-state index contributed by atoms with van der Waals surface area (Å²) in [7, 11) is 1.43. The molecule has 0 fully saturated rings. The lowest BCUT2D eigenvalue weighted by Crippen LogP contribution is -2.33. The van der Waals surface area contributed by atoms with E-state index in [0.717, 1.165) is 23.5 Å². The number of ether oxygens (including phenoxy) is 1. The van der Waals surface area contributed by atoms with Gasteiger partial charge >= 0.3 is 6.18 Å². The molecule has 0 aliphatic rings. The quantitative estimate of drug-likeness (QED) is 0.503. The average Bonchev–Trinajstić information content (AvgIpc) is 3.02. The van der Waals surface area contributed by atoms with Crippen LogP contribution < -0.4 is 15.4 Å². The molecular formula is C19H13Cl2F3N2O3S. The highest BCUT2D eigenvalue weighted by molar-refractivity contribution is 7.22. The number of carbonyl (C=O) groups excluding carboxylic acids is 2. The minimum atomic E-state index is -4.63. The fourth-order valence-corrected chi connectivity index (χ4v) is 4.53. The third kappa shape index (κ3) is 4.48. The SMILES string of the molecule is COc1c(Cl)ccc2c(Cl)c(C(=O)NCC(=O)Nc3ccccc3C(F)(F)F)sc12. The zero-order valence-electron chi connectivity index (χ0n) is 15.2. The molecule has 0 radical (unpaired) electrons. The summed E-state index contributed by atoms with van der Waals surface area (Å²) in [5.74, 6) is -1.11. The van der Waals surface area contributed by atoms with Crippen LogP contribution in [0.5, 0.6) is 5.75 Å². The van der Waals surface area contributed by atoms with E-state index in [0.29, 0.717) is 20.9 Å². The second kappa shape index (κ2) is 8.71. The minimum absolute atomic E-state index is 0.121. The van der Waals surface area contributed by atoms with Crippen molar-refractivity contribution < 1.29 is 27.5 Å². The van der Waals surface area contributed by atoms with E-state index in [-0.39, 0.29) is 9.90 Å². The van der Waals surface area contributed by atoms with Gasteiger partial charge in [-0.2, -0.15) is 13.2 Å². The Hall–Kier alpha value is -2.49. The summed E-state index contributed by atoms with van der Waals surface area (Å²) < 4.78 is 44.8. The van der Waals surface area contributed by atoms with Crippen LogP contribution >= 0.6 is 34.5 Å². The molecule has 0 spiro atoms. The van der Waals surface area contributed by atoms with E-state index in [1.54, 1.807) is 12.1 Å². The van der Waals surface area contributed by atoms with Crippen molar-refractivity contribution in [2.24, 2.45) is 0 Å². The Kier molecular flexibility index (Phi) is 6.44. The molecule has 158 valence electrons. The number of alkyl halides is 3. The largest absolute Gasteiger partial charge is 0.494 e. The summed E-state index contributed by atoms with van der Waals surface area (Å²) in [5.41, 5.74) is -1.38. The molecular weight excluding hydrogens is 464 g/mol. The van der Waals surface area contributed by atoms with E-state index in [9.17, 15) is 22.8 Å². The van der Waals surface area contributed by atoms with E-state index in [1.165, 1.54) is 19.2 Å². The molecule has 0 saturated carbocycles. The zero-order chi connectivity index (χ0) is 22.1. The highest BCUT2D eigenvalue weighted by Crippen LogP contribution is 2.43. The van der Waals surface area contributed by atoms with Gasteiger partial charge in [0.25, 0.3) is 5.91 Å². The van der Waals surface area contributed by atoms with Gasteiger partial charge in [-0.25, -0.2) is 0 Å². The van der Waals surface area contributed by atoms with Crippen LogP contribution in [0.2, 0.25) is 10.0 Å². The van der Waals surface area contributed by atoms with Gasteiger partial charge in [-0.1, -0.05) is 41.4 Å². The van der Waals surface area contributed by atoms with Crippen LogP contribution in [-0.2, 0) is 11.0 Å². The van der Waals surface area contributed by atoms with Crippen molar-refractivity contribution in [3.05, 3.63) is 56.9 Å². The topological polar surface area (TPSA) is 67.4 Å². The lowest BCUT2D eigenvalue weighted by Gasteiger charge is -2.13. The molecule has 0 bridgehead atoms. The van der Waals surface area contributed by atoms with Crippen molar-refractivity contribution in [2.75, 3.05) is 19.0 Å². The summed E-state index contributed by atoms with van der Waals surface area (Å²) in [6, 6.07) is 7.76. The number of amides is 2. The fraction of sp³-hybridized carbons (Fsp3) is 0.158. The molecule has 3 aromatic rings. The van der Waals surface area contributed by atoms with Crippen LogP contribution in [0.1, 0.15) is 15.2 Å². The molecule has 2 aromatic carbocycles. The van der Waals surface area contributed by atoms with Gasteiger partial charge in [0.1, 0.15) is 4.88 Å². The number of thiophene rings is 1. The number of hydrogen-bond acceptors (Lipinski definition) is 4. The molecule has 5 nitrogen and oxygen atoms in total. The molecule has 0 saturated heterocycles. The van der Waals surface area contributed by atoms with Crippen LogP contribution in [0, 0.1) is 0 Å². The average molecular weight is 477 g/mol. The first-order valence-corrected chi connectivity index (χ1v) is 9.89. The number of rotatable bonds is 5. The van der Waals surface area contributed by atoms with Gasteiger partial charge in [0.2, 0.25) is 5.91 Å². The van der Waals surface area contributed by atoms with Crippen molar-refractivity contribution in [2.45, 2.75) is 6.18 Å². The van der Waals surface area contributed by atoms with Crippen molar-refractivity contribution in [1.82, 2.24) is 5.32 Å². The Morgan fingerprint density at radius 1 is 1.13 bits per heavy atom. The van der Waals surface area contributed by atoms with Gasteiger partial charge in [0.05, 0.1) is 39.7 Å². The van der Waals surface area contributed by atoms with Crippen molar-refractivity contribution >= 4 is 62.1 Å². The van der Waals surface area contributed by atoms with Crippen LogP contribution in [0.15, 0.2) is 36.4 Å². The Balaban J connectivity index is 1.74. The zero-order valence-corrected chi connectivity index (χ0v) is 17.5. The predicted octanol–water partition coefficient (Wildman–Crippen LogP) is 5.60. The first-order chi connectivity index (χ1) is 14.1. The van der Waals surface area contributed by atoms with E-state index in [2.05, 4.69) is 10.6 Å². The summed E-state index contributed by atoms with van der Waals surface area (Å²) in [6.45, 7) is -0.548. The second-order valence-electron chi connectivity index (χ2n) is 5.98. The first kappa shape index (κ1) is 22.2. The highest BCUT2D eigenvalue weighted by Gasteiger charge is 2.33. The second-order valence-corrected chi connectivity index (χ2v) is 7.78. The number of carbonyl (C=O) groups is 2. The van der Waals surface area contributed by atoms with Crippen molar-refractivity contribution in [1.29, 1.82) is 0 Å². The maximum absolute atomic E-state index is 13.0. The molecule has 1 aromatic heterocycles. The standard InChI is InChI=1S/C19H13Cl2F3N2O3S/c1-29-15-11(20)7-6-9-14(21)17(30-16(9)15)18(28)25-8-13(27)26-12-5-3-2-4-10(12)19(22,23)24/h2-7H,8H2,1H3,(H,25,28)(H,26,27). The number of nitrogens with one attached hydrogen (secondary N) is 2. The van der Waals surface area contributed by atoms with Crippen molar-refractivity contribution in [3.63, 3.8) is 0 Å². The van der Waals surface area contributed by atoms with Gasteiger partial charge in [-0.15, -0.1) is 11.3 Å². The first-order valence-electron chi connectivity index (χ1n) is 8.32. The maximum atomic E-state index is 13.0. The third-order valence-electron chi connectivity index (χ3n) is 4.03. The highest BCUT2D eigenvalue weighted by atomic mass is 35.5. The molecule has 0 atom stereocenters. The summed E-state index contributed by atoms with van der Waals surface area (Å²) in [6.07, 6.45) is -4.63. The van der Waals surface area contributed by atoms with E-state index in [1.807, 2.05) is 0 Å². The van der Waals surface area contributed by atoms with E-state index in [4.69, 9.17) is 27.9 Å². The lowest BCUT2D eigenvalue weighted by atomic mass is 10.1. The monoisotopic (exact) mass is 476 g/mol. The van der Waals surface area contributed by atoms with Gasteiger partial charge in [-0.3, -0.25) is 9.59 Å². The number of halogens is 5. The molecule has 0 aliphatic carbocycles. The Labute approximate surface area is 182 Å². The van der Waals surface area contributed by atoms with Gasteiger partial charge < -0.3 is 15.4 Å². The van der Waals surface area contributed by atoms with Crippen LogP contribution in [-0.4, -0.2) is 25.5 Å². The summed E-state index contributed by atoms with van der Waals surface area (Å²) in [4.78, 5) is 24.7. The number of fused-ring (bicyclic) bond motifs is 1. The molecule has 3 rings (SSSR count). The Bertz CT molecular complexity index is 1130. The summed E-state index contributed by atoms with van der Waals surface area (Å²) >= 11 is 13.4. The number of methoxy groups -OCH3 is 1. The number of benzene rings is 2. The molecule has 30 heavy (non-hydrogen) atoms. The van der Waals surface area contributed by atoms with Crippen molar-refractivity contribution in [3.8, 4) is 5.75 Å². The van der Waals surface area contributed by atoms with E-state index < -0.39 is 35.8 Å². The molecule has 0 aliphatic heterocycles. The van der Waals surface area contributed by atoms with Crippen LogP contribution in [0.25, 0.3) is 10.1 Å². The Morgan fingerprint density at radius 3 is 2.50 bits per heavy atom. The van der Waals surface area contributed by atoms with Crippen LogP contribution in [0.3, 0.4) is 0 Å². The molecule has 2 amide bonds. The van der Waals surface area contributed by atoms with Gasteiger partial charge in [-0.05, 0) is 18.2 Å². The van der Waals surface area contributed by atoms with Crippen LogP contribution in [0.4, 0.5) is 18.9 Å². The maximum Gasteiger partial charge on any atom is 0.418 e. The molecule has 0 unspecified atom stereocenters. The predicted molar refractivity (Wildman–Crippen MR) is 111 cm³/mol. The smallest absolute Gasteiger partial charge is 0.418 e. The molecule has 11 heteroatoms. The van der Waals surface area contributed by atoms with E-state index >= 15 is 0 Å². The van der Waals surface area contributed by atoms with Gasteiger partial charge in [0, 0.05) is 5.39 Å². The Morgan fingerprint density at radius 2 is 1.83 bits per heavy atom. The molecule has 1 heterocycles. The number of anilines is 1. The fourth-order valence-electron chi connectivity index (χ4n) is 2.69. The lowest BCUT2D eigenvalue weighted by molar-refractivity contribution is -0.137. The normalized spacial score (nSPS) is 11.4.